The molecule has 1 radical (unpaired) electrons. The minimum Gasteiger partial charge on any atom is -0.391 e. The number of hydrogen-bond acceptors (Lipinski definition) is 4. The summed E-state index contributed by atoms with van der Waals surface area (Å²) in [5.41, 5.74) is 0. The number of rotatable bonds is 17. The zero-order valence-electron chi connectivity index (χ0n) is 17.6. The summed E-state index contributed by atoms with van der Waals surface area (Å²) in [6.45, 7) is 3.55. The van der Waals surface area contributed by atoms with Crippen molar-refractivity contribution in [3.05, 3.63) is 0 Å². The monoisotopic (exact) mass is 395 g/mol. The van der Waals surface area contributed by atoms with Gasteiger partial charge in [-0.1, -0.05) is 96.8 Å². The van der Waals surface area contributed by atoms with Crippen molar-refractivity contribution < 1.29 is 19.4 Å². The molecule has 0 heterocycles. The van der Waals surface area contributed by atoms with Crippen LogP contribution in [0.25, 0.3) is 0 Å². The van der Waals surface area contributed by atoms with Gasteiger partial charge in [0.2, 0.25) is 0 Å². The van der Waals surface area contributed by atoms with E-state index in [-0.39, 0.29) is 57.8 Å². The maximum atomic E-state index is 11.3. The van der Waals surface area contributed by atoms with Gasteiger partial charge in [-0.25, -0.2) is 4.79 Å². The number of aliphatic hydroxyl groups is 1. The van der Waals surface area contributed by atoms with Crippen LogP contribution in [0.1, 0.15) is 117 Å². The van der Waals surface area contributed by atoms with E-state index in [0.717, 1.165) is 19.3 Å². The molecule has 0 aliphatic rings. The van der Waals surface area contributed by atoms with Crippen LogP contribution in [-0.4, -0.2) is 74.5 Å². The predicted octanol–water partition coefficient (Wildman–Crippen LogP) is 5.32. The van der Waals surface area contributed by atoms with Crippen LogP contribution in [0.2, 0.25) is 0 Å². The molecule has 1 unspecified atom stereocenters. The zero-order valence-corrected chi connectivity index (χ0v) is 20.7. The van der Waals surface area contributed by atoms with Crippen molar-refractivity contribution in [2.75, 3.05) is 0 Å². The second-order valence-electron chi connectivity index (χ2n) is 7.17. The minimum atomic E-state index is -1.23. The number of hydrogen-bond donors (Lipinski definition) is 1. The van der Waals surface area contributed by atoms with Crippen LogP contribution in [0.15, 0.2) is 0 Å². The third kappa shape index (κ3) is 21.0. The standard InChI is InChI=1S/C21H40O4.K/c1-3-4-5-6-7-8-9-10-11-12-13-14-15-16-17-18-20(23)25-21(24)19(2)22;/h19,22H,3-18H2,1-2H3;. The fourth-order valence-corrected chi connectivity index (χ4v) is 2.89. The van der Waals surface area contributed by atoms with Gasteiger partial charge in [0.1, 0.15) is 6.10 Å². The molecule has 149 valence electrons. The number of carbonyl (C=O) groups excluding carboxylic acids is 2. The molecule has 0 aromatic carbocycles. The minimum absolute atomic E-state index is 0. The van der Waals surface area contributed by atoms with Crippen LogP contribution >= 0.6 is 0 Å². The molecule has 1 N–H and O–H groups in total. The van der Waals surface area contributed by atoms with E-state index in [9.17, 15) is 9.59 Å². The maximum Gasteiger partial charge on any atom is 0.342 e. The summed E-state index contributed by atoms with van der Waals surface area (Å²) in [4.78, 5) is 22.4. The Kier molecular flexibility index (Phi) is 24.5. The van der Waals surface area contributed by atoms with Crippen LogP contribution in [0.4, 0.5) is 0 Å². The van der Waals surface area contributed by atoms with E-state index < -0.39 is 18.0 Å². The predicted molar refractivity (Wildman–Crippen MR) is 108 cm³/mol. The van der Waals surface area contributed by atoms with Crippen LogP contribution in [0.5, 0.6) is 0 Å². The van der Waals surface area contributed by atoms with Gasteiger partial charge in [0.25, 0.3) is 0 Å². The van der Waals surface area contributed by atoms with Crippen LogP contribution in [0.3, 0.4) is 0 Å². The van der Waals surface area contributed by atoms with Gasteiger partial charge in [0, 0.05) is 57.8 Å². The van der Waals surface area contributed by atoms with Crippen LogP contribution in [0, 0.1) is 0 Å². The van der Waals surface area contributed by atoms with Gasteiger partial charge in [-0.05, 0) is 13.3 Å². The van der Waals surface area contributed by atoms with Crippen molar-refractivity contribution in [2.24, 2.45) is 0 Å². The van der Waals surface area contributed by atoms with E-state index >= 15 is 0 Å². The number of unbranched alkanes of at least 4 members (excludes halogenated alkanes) is 14. The first-order chi connectivity index (χ1) is 12.1. The molecule has 1 atom stereocenters. The zero-order chi connectivity index (χ0) is 18.8. The first-order valence-corrected chi connectivity index (χ1v) is 10.5. The second kappa shape index (κ2) is 22.0. The Hall–Kier alpha value is 0.736. The van der Waals surface area contributed by atoms with Gasteiger partial charge in [-0.3, -0.25) is 4.79 Å². The molecule has 0 saturated carbocycles. The molecular weight excluding hydrogens is 355 g/mol. The van der Waals surface area contributed by atoms with Crippen LogP contribution < -0.4 is 0 Å². The number of aliphatic hydroxyl groups excluding tert-OH is 1. The third-order valence-corrected chi connectivity index (χ3v) is 4.54. The molecule has 0 saturated heterocycles. The van der Waals surface area contributed by atoms with Crippen LogP contribution in [-0.2, 0) is 14.3 Å². The first kappa shape index (κ1) is 28.9. The molecule has 26 heavy (non-hydrogen) atoms. The van der Waals surface area contributed by atoms with E-state index in [0.29, 0.717) is 0 Å². The number of esters is 2. The fourth-order valence-electron chi connectivity index (χ4n) is 2.89. The van der Waals surface area contributed by atoms with E-state index in [2.05, 4.69) is 11.7 Å². The quantitative estimate of drug-likeness (QED) is 0.157. The number of ether oxygens (including phenoxy) is 1. The average molecular weight is 396 g/mol. The molecule has 0 rings (SSSR count). The largest absolute Gasteiger partial charge is 0.391 e. The molecule has 0 bridgehead atoms. The van der Waals surface area contributed by atoms with Gasteiger partial charge in [-0.2, -0.15) is 0 Å². The van der Waals surface area contributed by atoms with Crippen molar-refractivity contribution in [1.82, 2.24) is 0 Å². The fraction of sp³-hybridized carbons (Fsp3) is 0.905. The van der Waals surface area contributed by atoms with Gasteiger partial charge in [0.15, 0.2) is 0 Å². The Morgan fingerprint density at radius 2 is 1.08 bits per heavy atom. The molecule has 5 heteroatoms. The summed E-state index contributed by atoms with van der Waals surface area (Å²) in [6, 6.07) is 0. The Labute approximate surface area is 203 Å². The summed E-state index contributed by atoms with van der Waals surface area (Å²) in [5, 5.41) is 8.95. The molecule has 0 aliphatic heterocycles. The smallest absolute Gasteiger partial charge is 0.342 e. The number of carbonyl (C=O) groups is 2. The van der Waals surface area contributed by atoms with Gasteiger partial charge in [0.05, 0.1) is 0 Å². The van der Waals surface area contributed by atoms with E-state index in [4.69, 9.17) is 5.11 Å². The topological polar surface area (TPSA) is 63.6 Å². The second-order valence-corrected chi connectivity index (χ2v) is 7.17. The molecule has 4 nitrogen and oxygen atoms in total. The van der Waals surface area contributed by atoms with E-state index in [1.165, 1.54) is 84.0 Å². The molecule has 0 aromatic heterocycles. The van der Waals surface area contributed by atoms with Crippen molar-refractivity contribution >= 4 is 63.3 Å². The van der Waals surface area contributed by atoms with Crippen molar-refractivity contribution in [3.8, 4) is 0 Å². The Balaban J connectivity index is 0. The maximum absolute atomic E-state index is 11.3. The summed E-state index contributed by atoms with van der Waals surface area (Å²) in [6.07, 6.45) is 18.2. The molecule has 0 amide bonds. The van der Waals surface area contributed by atoms with E-state index in [1.807, 2.05) is 0 Å². The summed E-state index contributed by atoms with van der Waals surface area (Å²) >= 11 is 0. The molecule has 0 aromatic rings. The van der Waals surface area contributed by atoms with Crippen molar-refractivity contribution in [2.45, 2.75) is 123 Å². The Bertz CT molecular complexity index is 332. The Morgan fingerprint density at radius 1 is 0.731 bits per heavy atom. The molecule has 0 fully saturated rings. The summed E-state index contributed by atoms with van der Waals surface area (Å²) in [7, 11) is 0. The van der Waals surface area contributed by atoms with Crippen molar-refractivity contribution in [1.29, 1.82) is 0 Å². The van der Waals surface area contributed by atoms with Gasteiger partial charge in [-0.15, -0.1) is 0 Å². The summed E-state index contributed by atoms with van der Waals surface area (Å²) in [5.74, 6) is -1.38. The summed E-state index contributed by atoms with van der Waals surface area (Å²) < 4.78 is 4.50. The van der Waals surface area contributed by atoms with Gasteiger partial charge >= 0.3 is 11.9 Å². The normalized spacial score (nSPS) is 11.7. The van der Waals surface area contributed by atoms with Gasteiger partial charge < -0.3 is 9.84 Å². The molecular formula is C21H40KO4. The Morgan fingerprint density at radius 3 is 1.42 bits per heavy atom. The third-order valence-electron chi connectivity index (χ3n) is 4.54. The van der Waals surface area contributed by atoms with Crippen molar-refractivity contribution in [3.63, 3.8) is 0 Å². The average Bonchev–Trinajstić information content (AvgIpc) is 2.58. The SMILES string of the molecule is CCCCCCCCCCCCCCCCCC(=O)OC(=O)C(C)O.[K]. The van der Waals surface area contributed by atoms with E-state index in [1.54, 1.807) is 0 Å². The molecule has 0 spiro atoms. The molecule has 0 aliphatic carbocycles. The first-order valence-electron chi connectivity index (χ1n) is 10.5.